The number of hydrogen-bond acceptors (Lipinski definition) is 3. The van der Waals surface area contributed by atoms with Crippen LogP contribution in [0.3, 0.4) is 0 Å². The molecule has 1 fully saturated rings. The Morgan fingerprint density at radius 1 is 1.19 bits per heavy atom. The van der Waals surface area contributed by atoms with Crippen LogP contribution in [0.2, 0.25) is 0 Å². The van der Waals surface area contributed by atoms with Crippen LogP contribution in [0.5, 0.6) is 5.75 Å². The number of amides is 2. The third-order valence-corrected chi connectivity index (χ3v) is 5.02. The molecular weight excluding hydrogens is 340 g/mol. The quantitative estimate of drug-likeness (QED) is 0.799. The summed E-state index contributed by atoms with van der Waals surface area (Å²) in [7, 11) is 0. The van der Waals surface area contributed by atoms with Gasteiger partial charge in [0, 0.05) is 18.7 Å². The van der Waals surface area contributed by atoms with Gasteiger partial charge in [0.1, 0.15) is 12.4 Å². The summed E-state index contributed by atoms with van der Waals surface area (Å²) in [5, 5.41) is 2.89. The Morgan fingerprint density at radius 2 is 1.96 bits per heavy atom. The van der Waals surface area contributed by atoms with Gasteiger partial charge in [-0.3, -0.25) is 9.59 Å². The minimum atomic E-state index is -0.323. The van der Waals surface area contributed by atoms with Crippen LogP contribution in [0.25, 0.3) is 0 Å². The smallest absolute Gasteiger partial charge is 0.227 e. The Balaban J connectivity index is 1.51. The first-order valence-corrected chi connectivity index (χ1v) is 9.29. The summed E-state index contributed by atoms with van der Waals surface area (Å²) < 4.78 is 5.65. The molecule has 2 aromatic carbocycles. The number of nitrogens with one attached hydrogen (secondary N) is 1. The highest BCUT2D eigenvalue weighted by molar-refractivity contribution is 6.00. The number of aryl methyl sites for hydroxylation is 2. The zero-order chi connectivity index (χ0) is 19.4. The molecule has 142 valence electrons. The maximum Gasteiger partial charge on any atom is 0.227 e. The molecule has 1 saturated heterocycles. The summed E-state index contributed by atoms with van der Waals surface area (Å²) in [6.45, 7) is 7.28. The molecule has 0 aromatic heterocycles. The van der Waals surface area contributed by atoms with Gasteiger partial charge >= 0.3 is 0 Å². The topological polar surface area (TPSA) is 58.6 Å². The highest BCUT2D eigenvalue weighted by atomic mass is 16.5. The lowest BCUT2D eigenvalue weighted by Gasteiger charge is -2.20. The van der Waals surface area contributed by atoms with Gasteiger partial charge in [0.15, 0.2) is 0 Å². The van der Waals surface area contributed by atoms with Crippen LogP contribution in [-0.4, -0.2) is 31.5 Å². The van der Waals surface area contributed by atoms with E-state index >= 15 is 0 Å². The van der Waals surface area contributed by atoms with Crippen molar-refractivity contribution in [2.45, 2.75) is 27.2 Å². The van der Waals surface area contributed by atoms with Crippen molar-refractivity contribution < 1.29 is 14.3 Å². The second-order valence-corrected chi connectivity index (χ2v) is 7.08. The molecular formula is C22H26N2O3. The zero-order valence-corrected chi connectivity index (χ0v) is 16.1. The number of rotatable bonds is 6. The number of carbonyl (C=O) groups excluding carboxylic acids is 2. The van der Waals surface area contributed by atoms with E-state index in [2.05, 4.69) is 5.32 Å². The first-order chi connectivity index (χ1) is 13.0. The fourth-order valence-electron chi connectivity index (χ4n) is 3.34. The molecule has 1 aliphatic heterocycles. The molecule has 2 amide bonds. The standard InChI is InChI=1S/C22H26N2O3/c1-15-6-4-8-19(12-15)27-11-10-23-22(26)18-13-21(25)24(14-18)20-9-5-7-16(2)17(20)3/h4-9,12,18H,10-11,13-14H2,1-3H3,(H,23,26). The normalized spacial score (nSPS) is 16.5. The molecule has 0 spiro atoms. The highest BCUT2D eigenvalue weighted by Gasteiger charge is 2.35. The number of ether oxygens (including phenoxy) is 1. The van der Waals surface area contributed by atoms with E-state index < -0.39 is 0 Å². The minimum absolute atomic E-state index is 0.000129. The molecule has 2 aromatic rings. The number of hydrogen-bond donors (Lipinski definition) is 1. The van der Waals surface area contributed by atoms with Crippen molar-refractivity contribution in [2.24, 2.45) is 5.92 Å². The maximum absolute atomic E-state index is 12.4. The van der Waals surface area contributed by atoms with E-state index in [9.17, 15) is 9.59 Å². The van der Waals surface area contributed by atoms with Crippen LogP contribution in [0.4, 0.5) is 5.69 Å². The van der Waals surface area contributed by atoms with Crippen molar-refractivity contribution in [3.63, 3.8) is 0 Å². The van der Waals surface area contributed by atoms with Gasteiger partial charge in [-0.2, -0.15) is 0 Å². The molecule has 0 radical (unpaired) electrons. The van der Waals surface area contributed by atoms with Gasteiger partial charge in [0.05, 0.1) is 12.5 Å². The first kappa shape index (κ1) is 19.0. The van der Waals surface area contributed by atoms with Crippen molar-refractivity contribution in [3.05, 3.63) is 59.2 Å². The van der Waals surface area contributed by atoms with Crippen LogP contribution in [0, 0.1) is 26.7 Å². The average Bonchev–Trinajstić information content (AvgIpc) is 3.03. The average molecular weight is 366 g/mol. The highest BCUT2D eigenvalue weighted by Crippen LogP contribution is 2.29. The summed E-state index contributed by atoms with van der Waals surface area (Å²) in [6, 6.07) is 13.7. The second-order valence-electron chi connectivity index (χ2n) is 7.08. The van der Waals surface area contributed by atoms with Crippen molar-refractivity contribution in [2.75, 3.05) is 24.6 Å². The summed E-state index contributed by atoms with van der Waals surface area (Å²) in [5.41, 5.74) is 4.26. The molecule has 1 heterocycles. The van der Waals surface area contributed by atoms with Gasteiger partial charge in [-0.15, -0.1) is 0 Å². The molecule has 0 aliphatic carbocycles. The molecule has 3 rings (SSSR count). The molecule has 1 unspecified atom stereocenters. The van der Waals surface area contributed by atoms with Crippen molar-refractivity contribution in [3.8, 4) is 5.75 Å². The Labute approximate surface area is 160 Å². The lowest BCUT2D eigenvalue weighted by molar-refractivity contribution is -0.126. The molecule has 1 atom stereocenters. The van der Waals surface area contributed by atoms with Crippen molar-refractivity contribution >= 4 is 17.5 Å². The SMILES string of the molecule is Cc1cccc(OCCNC(=O)C2CC(=O)N(c3cccc(C)c3C)C2)c1. The first-order valence-electron chi connectivity index (χ1n) is 9.29. The van der Waals surface area contributed by atoms with E-state index in [1.807, 2.05) is 63.2 Å². The molecule has 1 aliphatic rings. The largest absolute Gasteiger partial charge is 0.492 e. The van der Waals surface area contributed by atoms with Crippen molar-refractivity contribution in [1.82, 2.24) is 5.32 Å². The van der Waals surface area contributed by atoms with Gasteiger partial charge in [0.25, 0.3) is 0 Å². The van der Waals surface area contributed by atoms with E-state index in [0.29, 0.717) is 19.7 Å². The van der Waals surface area contributed by atoms with Crippen LogP contribution in [0.15, 0.2) is 42.5 Å². The number of nitrogens with zero attached hydrogens (tertiary/aromatic N) is 1. The molecule has 0 saturated carbocycles. The lowest BCUT2D eigenvalue weighted by Crippen LogP contribution is -2.35. The molecule has 0 bridgehead atoms. The summed E-state index contributed by atoms with van der Waals surface area (Å²) in [6.07, 6.45) is 0.248. The third-order valence-electron chi connectivity index (χ3n) is 5.02. The summed E-state index contributed by atoms with van der Waals surface area (Å²) in [5.74, 6) is 0.377. The van der Waals surface area contributed by atoms with Gasteiger partial charge in [-0.1, -0.05) is 24.3 Å². The van der Waals surface area contributed by atoms with Crippen LogP contribution >= 0.6 is 0 Å². The summed E-state index contributed by atoms with van der Waals surface area (Å²) >= 11 is 0. The molecule has 5 nitrogen and oxygen atoms in total. The fraction of sp³-hybridized carbons (Fsp3) is 0.364. The van der Waals surface area contributed by atoms with E-state index in [4.69, 9.17) is 4.74 Å². The Kier molecular flexibility index (Phi) is 5.79. The van der Waals surface area contributed by atoms with Gasteiger partial charge in [0.2, 0.25) is 11.8 Å². The van der Waals surface area contributed by atoms with Crippen LogP contribution < -0.4 is 15.0 Å². The van der Waals surface area contributed by atoms with Crippen LogP contribution in [0.1, 0.15) is 23.1 Å². The van der Waals surface area contributed by atoms with Gasteiger partial charge < -0.3 is 15.0 Å². The Hall–Kier alpha value is -2.82. The monoisotopic (exact) mass is 366 g/mol. The van der Waals surface area contributed by atoms with E-state index in [1.54, 1.807) is 4.90 Å². The fourth-order valence-corrected chi connectivity index (χ4v) is 3.34. The minimum Gasteiger partial charge on any atom is -0.492 e. The van der Waals surface area contributed by atoms with E-state index in [1.165, 1.54) is 0 Å². The van der Waals surface area contributed by atoms with E-state index in [-0.39, 0.29) is 24.2 Å². The predicted octanol–water partition coefficient (Wildman–Crippen LogP) is 3.16. The van der Waals surface area contributed by atoms with Gasteiger partial charge in [-0.25, -0.2) is 0 Å². The predicted molar refractivity (Wildman–Crippen MR) is 106 cm³/mol. The van der Waals surface area contributed by atoms with E-state index in [0.717, 1.165) is 28.1 Å². The summed E-state index contributed by atoms with van der Waals surface area (Å²) in [4.78, 5) is 26.6. The van der Waals surface area contributed by atoms with Gasteiger partial charge in [-0.05, 0) is 55.7 Å². The molecule has 27 heavy (non-hydrogen) atoms. The lowest BCUT2D eigenvalue weighted by atomic mass is 10.1. The maximum atomic E-state index is 12.4. The van der Waals surface area contributed by atoms with Crippen LogP contribution in [-0.2, 0) is 9.59 Å². The molecule has 1 N–H and O–H groups in total. The molecule has 5 heteroatoms. The number of anilines is 1. The second kappa shape index (κ2) is 8.25. The van der Waals surface area contributed by atoms with Crippen molar-refractivity contribution in [1.29, 1.82) is 0 Å². The Bertz CT molecular complexity index is 847. The zero-order valence-electron chi connectivity index (χ0n) is 16.1. The number of benzene rings is 2. The third kappa shape index (κ3) is 4.48. The Morgan fingerprint density at radius 3 is 2.74 bits per heavy atom. The number of carbonyl (C=O) groups is 2.